The predicted octanol–water partition coefficient (Wildman–Crippen LogP) is 1.73. The highest BCUT2D eigenvalue weighted by molar-refractivity contribution is 5.96. The van der Waals surface area contributed by atoms with Crippen molar-refractivity contribution in [1.82, 2.24) is 9.78 Å². The van der Waals surface area contributed by atoms with E-state index in [4.69, 9.17) is 0 Å². The first-order valence-corrected chi connectivity index (χ1v) is 7.92. The lowest BCUT2D eigenvalue weighted by Crippen LogP contribution is -2.31. The van der Waals surface area contributed by atoms with Crippen molar-refractivity contribution in [3.63, 3.8) is 0 Å². The van der Waals surface area contributed by atoms with Crippen LogP contribution in [0.2, 0.25) is 0 Å². The zero-order valence-electron chi connectivity index (χ0n) is 13.7. The van der Waals surface area contributed by atoms with Gasteiger partial charge in [0.25, 0.3) is 5.56 Å². The second-order valence-electron chi connectivity index (χ2n) is 6.14. The number of amides is 1. The van der Waals surface area contributed by atoms with Gasteiger partial charge in [-0.05, 0) is 56.0 Å². The number of nitrogens with one attached hydrogen (secondary N) is 1. The molecule has 0 radical (unpaired) electrons. The molecular weight excluding hydrogens is 306 g/mol. The average molecular weight is 325 g/mol. The fourth-order valence-electron chi connectivity index (χ4n) is 2.94. The maximum atomic E-state index is 12.5. The molecule has 1 N–H and O–H groups in total. The molecule has 1 aliphatic rings. The molecule has 3 rings (SSSR count). The first kappa shape index (κ1) is 16.1. The molecule has 24 heavy (non-hydrogen) atoms. The number of ketones is 1. The molecule has 0 fully saturated rings. The number of carbonyl (C=O) groups excluding carboxylic acids is 2. The normalized spacial score (nSPS) is 16.3. The van der Waals surface area contributed by atoms with E-state index in [1.165, 1.54) is 11.6 Å². The minimum Gasteiger partial charge on any atom is -0.326 e. The number of nitrogens with zero attached hydrogens (tertiary/aromatic N) is 2. The van der Waals surface area contributed by atoms with Crippen LogP contribution in [0, 0.1) is 5.92 Å². The number of rotatable bonds is 3. The Hall–Kier alpha value is -2.76. The molecule has 0 aliphatic heterocycles. The van der Waals surface area contributed by atoms with Gasteiger partial charge >= 0.3 is 0 Å². The first-order chi connectivity index (χ1) is 11.4. The van der Waals surface area contributed by atoms with Crippen molar-refractivity contribution in [2.24, 2.45) is 13.0 Å². The second kappa shape index (κ2) is 6.39. The van der Waals surface area contributed by atoms with Crippen LogP contribution in [0.5, 0.6) is 0 Å². The summed E-state index contributed by atoms with van der Waals surface area (Å²) < 4.78 is 1.33. The van der Waals surface area contributed by atoms with E-state index in [1.807, 2.05) is 0 Å². The Morgan fingerprint density at radius 3 is 2.62 bits per heavy atom. The smallest absolute Gasteiger partial charge is 0.266 e. The van der Waals surface area contributed by atoms with Crippen molar-refractivity contribution in [1.29, 1.82) is 0 Å². The number of aryl methyl sites for hydroxylation is 2. The lowest BCUT2D eigenvalue weighted by Gasteiger charge is -2.23. The van der Waals surface area contributed by atoms with Gasteiger partial charge in [0.15, 0.2) is 5.78 Å². The summed E-state index contributed by atoms with van der Waals surface area (Å²) in [7, 11) is 1.63. The molecule has 1 atom stereocenters. The van der Waals surface area contributed by atoms with Gasteiger partial charge in [0.1, 0.15) is 0 Å². The maximum absolute atomic E-state index is 12.5. The highest BCUT2D eigenvalue weighted by atomic mass is 16.2. The molecule has 0 spiro atoms. The van der Waals surface area contributed by atoms with Crippen LogP contribution < -0.4 is 10.9 Å². The fraction of sp³-hybridized carbons (Fsp3) is 0.333. The molecule has 6 nitrogen and oxygen atoms in total. The molecule has 2 aromatic rings. The van der Waals surface area contributed by atoms with E-state index in [2.05, 4.69) is 10.4 Å². The van der Waals surface area contributed by atoms with Gasteiger partial charge in [-0.1, -0.05) is 0 Å². The molecule has 1 aromatic heterocycles. The zero-order valence-corrected chi connectivity index (χ0v) is 13.7. The molecule has 0 unspecified atom stereocenters. The van der Waals surface area contributed by atoms with Crippen LogP contribution in [-0.4, -0.2) is 21.5 Å². The van der Waals surface area contributed by atoms with Crippen LogP contribution in [0.1, 0.15) is 35.0 Å². The highest BCUT2D eigenvalue weighted by Crippen LogP contribution is 2.24. The molecule has 1 amide bonds. The summed E-state index contributed by atoms with van der Waals surface area (Å²) in [5, 5.41) is 7.14. The van der Waals surface area contributed by atoms with Gasteiger partial charge in [0.05, 0.1) is 5.69 Å². The van der Waals surface area contributed by atoms with E-state index in [1.54, 1.807) is 37.4 Å². The third-order valence-corrected chi connectivity index (χ3v) is 4.38. The Labute approximate surface area is 139 Å². The zero-order chi connectivity index (χ0) is 17.3. The predicted molar refractivity (Wildman–Crippen MR) is 90.1 cm³/mol. The van der Waals surface area contributed by atoms with E-state index in [-0.39, 0.29) is 23.2 Å². The van der Waals surface area contributed by atoms with Gasteiger partial charge in [-0.25, -0.2) is 4.68 Å². The molecule has 6 heteroatoms. The third kappa shape index (κ3) is 3.27. The van der Waals surface area contributed by atoms with Gasteiger partial charge in [0.2, 0.25) is 5.91 Å². The van der Waals surface area contributed by atoms with Gasteiger partial charge in [0, 0.05) is 30.3 Å². The summed E-state index contributed by atoms with van der Waals surface area (Å²) in [6, 6.07) is 8.42. The lowest BCUT2D eigenvalue weighted by molar-refractivity contribution is -0.120. The number of aromatic nitrogens is 2. The van der Waals surface area contributed by atoms with Crippen molar-refractivity contribution in [2.75, 3.05) is 5.32 Å². The van der Waals surface area contributed by atoms with Gasteiger partial charge in [-0.3, -0.25) is 14.4 Å². The molecule has 1 aliphatic carbocycles. The Morgan fingerprint density at radius 1 is 1.25 bits per heavy atom. The van der Waals surface area contributed by atoms with E-state index in [0.717, 1.165) is 11.3 Å². The number of carbonyl (C=O) groups is 2. The van der Waals surface area contributed by atoms with Crippen molar-refractivity contribution < 1.29 is 9.59 Å². The number of hydrogen-bond donors (Lipinski definition) is 1. The molecule has 124 valence electrons. The molecular formula is C18H19N3O3. The van der Waals surface area contributed by atoms with Crippen LogP contribution in [0.25, 0.3) is 0 Å². The standard InChI is InChI=1S/C18H19N3O3/c1-11(22)12-3-6-15(7-4-12)19-18(24)13-5-8-16-14(9-13)10-17(23)21(2)20-16/h3-4,6-7,10,13H,5,8-9H2,1-2H3,(H,19,24)/t13-/m1/s1. The van der Waals surface area contributed by atoms with Crippen LogP contribution in [0.15, 0.2) is 35.1 Å². The second-order valence-corrected chi connectivity index (χ2v) is 6.14. The third-order valence-electron chi connectivity index (χ3n) is 4.38. The van der Waals surface area contributed by atoms with Gasteiger partial charge in [-0.15, -0.1) is 0 Å². The molecule has 1 aromatic carbocycles. The quantitative estimate of drug-likeness (QED) is 0.871. The minimum absolute atomic E-state index is 0.00848. The first-order valence-electron chi connectivity index (χ1n) is 7.92. The highest BCUT2D eigenvalue weighted by Gasteiger charge is 2.26. The summed E-state index contributed by atoms with van der Waals surface area (Å²) in [4.78, 5) is 35.5. The van der Waals surface area contributed by atoms with E-state index in [9.17, 15) is 14.4 Å². The van der Waals surface area contributed by atoms with Crippen molar-refractivity contribution in [2.45, 2.75) is 26.2 Å². The number of Topliss-reactive ketones (excluding diaryl/α,β-unsaturated/α-hetero) is 1. The molecule has 0 bridgehead atoms. The minimum atomic E-state index is -0.182. The summed E-state index contributed by atoms with van der Waals surface area (Å²) >= 11 is 0. The largest absolute Gasteiger partial charge is 0.326 e. The Kier molecular flexibility index (Phi) is 4.29. The maximum Gasteiger partial charge on any atom is 0.266 e. The fourth-order valence-corrected chi connectivity index (χ4v) is 2.94. The number of anilines is 1. The van der Waals surface area contributed by atoms with Crippen molar-refractivity contribution >= 4 is 17.4 Å². The Bertz CT molecular complexity index is 853. The Morgan fingerprint density at radius 2 is 1.96 bits per heavy atom. The summed E-state index contributed by atoms with van der Waals surface area (Å²) in [5.41, 5.74) is 2.87. The SMILES string of the molecule is CC(=O)c1ccc(NC(=O)[C@@H]2CCc3nn(C)c(=O)cc3C2)cc1. The molecule has 0 saturated heterocycles. The van der Waals surface area contributed by atoms with Crippen molar-refractivity contribution in [3.8, 4) is 0 Å². The van der Waals surface area contributed by atoms with Crippen LogP contribution in [-0.2, 0) is 24.7 Å². The lowest BCUT2D eigenvalue weighted by atomic mass is 9.86. The average Bonchev–Trinajstić information content (AvgIpc) is 2.56. The Balaban J connectivity index is 1.71. The van der Waals surface area contributed by atoms with E-state index < -0.39 is 0 Å². The summed E-state index contributed by atoms with van der Waals surface area (Å²) in [6.07, 6.45) is 1.91. The topological polar surface area (TPSA) is 81.1 Å². The molecule has 0 saturated carbocycles. The number of fused-ring (bicyclic) bond motifs is 1. The van der Waals surface area contributed by atoms with Crippen molar-refractivity contribution in [3.05, 3.63) is 57.5 Å². The number of benzene rings is 1. The number of hydrogen-bond acceptors (Lipinski definition) is 4. The van der Waals surface area contributed by atoms with E-state index >= 15 is 0 Å². The monoisotopic (exact) mass is 325 g/mol. The summed E-state index contributed by atoms with van der Waals surface area (Å²) in [5.74, 6) is -0.262. The van der Waals surface area contributed by atoms with E-state index in [0.29, 0.717) is 30.5 Å². The van der Waals surface area contributed by atoms with Gasteiger partial charge < -0.3 is 5.32 Å². The van der Waals surface area contributed by atoms with Crippen LogP contribution >= 0.6 is 0 Å². The van der Waals surface area contributed by atoms with Crippen LogP contribution in [0.3, 0.4) is 0 Å². The summed E-state index contributed by atoms with van der Waals surface area (Å²) in [6.45, 7) is 1.51. The van der Waals surface area contributed by atoms with Gasteiger partial charge in [-0.2, -0.15) is 5.10 Å². The molecule has 1 heterocycles. The van der Waals surface area contributed by atoms with Crippen LogP contribution in [0.4, 0.5) is 5.69 Å².